The van der Waals surface area contributed by atoms with E-state index in [2.05, 4.69) is 10.2 Å². The Labute approximate surface area is 165 Å². The number of para-hydroxylation sites is 1. The number of amides is 1. The molecule has 6 heteroatoms. The van der Waals surface area contributed by atoms with Gasteiger partial charge in [-0.3, -0.25) is 4.79 Å². The molecule has 2 aromatic rings. The summed E-state index contributed by atoms with van der Waals surface area (Å²) in [7, 11) is 1.60. The zero-order valence-electron chi connectivity index (χ0n) is 16.2. The van der Waals surface area contributed by atoms with Crippen molar-refractivity contribution in [2.24, 2.45) is 0 Å². The number of hydrogen-bond acceptors (Lipinski definition) is 4. The van der Waals surface area contributed by atoms with Crippen molar-refractivity contribution in [3.8, 4) is 5.75 Å². The van der Waals surface area contributed by atoms with E-state index in [0.717, 1.165) is 30.8 Å². The van der Waals surface area contributed by atoms with Crippen molar-refractivity contribution >= 4 is 5.91 Å². The van der Waals surface area contributed by atoms with Gasteiger partial charge in [-0.15, -0.1) is 0 Å². The van der Waals surface area contributed by atoms with Gasteiger partial charge in [0.1, 0.15) is 11.6 Å². The van der Waals surface area contributed by atoms with Crippen molar-refractivity contribution in [2.45, 2.75) is 24.9 Å². The predicted octanol–water partition coefficient (Wildman–Crippen LogP) is 2.48. The molecule has 2 N–H and O–H groups in total. The fourth-order valence-corrected chi connectivity index (χ4v) is 3.63. The first-order chi connectivity index (χ1) is 13.5. The van der Waals surface area contributed by atoms with Crippen LogP contribution in [0.4, 0.5) is 4.39 Å². The highest BCUT2D eigenvalue weighted by molar-refractivity contribution is 5.79. The summed E-state index contributed by atoms with van der Waals surface area (Å²) in [5, 5.41) is 13.8. The van der Waals surface area contributed by atoms with Crippen LogP contribution < -0.4 is 10.1 Å². The van der Waals surface area contributed by atoms with E-state index in [0.29, 0.717) is 25.1 Å². The van der Waals surface area contributed by atoms with Gasteiger partial charge in [0.05, 0.1) is 19.1 Å². The normalized spacial score (nSPS) is 16.5. The van der Waals surface area contributed by atoms with Crippen LogP contribution in [0.3, 0.4) is 0 Å². The first-order valence-electron chi connectivity index (χ1n) is 9.59. The lowest BCUT2D eigenvalue weighted by Gasteiger charge is -2.38. The fourth-order valence-electron chi connectivity index (χ4n) is 3.63. The number of halogens is 1. The highest BCUT2D eigenvalue weighted by Gasteiger charge is 2.33. The molecule has 1 amide bonds. The van der Waals surface area contributed by atoms with Gasteiger partial charge in [0.25, 0.3) is 0 Å². The average Bonchev–Trinajstić information content (AvgIpc) is 2.70. The van der Waals surface area contributed by atoms with E-state index in [1.54, 1.807) is 19.2 Å². The van der Waals surface area contributed by atoms with Crippen molar-refractivity contribution in [1.29, 1.82) is 0 Å². The van der Waals surface area contributed by atoms with Crippen molar-refractivity contribution < 1.29 is 19.0 Å². The summed E-state index contributed by atoms with van der Waals surface area (Å²) in [6.07, 6.45) is 1.47. The molecule has 1 aliphatic rings. The Balaban J connectivity index is 1.42. The number of likely N-dealkylation sites (tertiary alicyclic amines) is 1. The van der Waals surface area contributed by atoms with E-state index in [1.807, 2.05) is 24.3 Å². The minimum absolute atomic E-state index is 0.0377. The molecule has 0 spiro atoms. The minimum atomic E-state index is -0.905. The molecule has 0 unspecified atom stereocenters. The molecule has 1 fully saturated rings. The number of ether oxygens (including phenoxy) is 1. The summed E-state index contributed by atoms with van der Waals surface area (Å²) in [4.78, 5) is 14.4. The van der Waals surface area contributed by atoms with Gasteiger partial charge in [0.15, 0.2) is 0 Å². The largest absolute Gasteiger partial charge is 0.496 e. The van der Waals surface area contributed by atoms with E-state index < -0.39 is 5.60 Å². The van der Waals surface area contributed by atoms with Gasteiger partial charge in [-0.2, -0.15) is 0 Å². The van der Waals surface area contributed by atoms with Gasteiger partial charge in [-0.25, -0.2) is 4.39 Å². The SMILES string of the molecule is COc1ccccc1CC(=O)NCCN1CCC(O)(c2ccc(F)cc2)CC1. The summed E-state index contributed by atoms with van der Waals surface area (Å²) in [5.74, 6) is 0.381. The van der Waals surface area contributed by atoms with Crippen LogP contribution in [0.5, 0.6) is 5.75 Å². The third-order valence-electron chi connectivity index (χ3n) is 5.36. The Morgan fingerprint density at radius 3 is 2.54 bits per heavy atom. The van der Waals surface area contributed by atoms with Gasteiger partial charge in [-0.1, -0.05) is 30.3 Å². The van der Waals surface area contributed by atoms with E-state index in [1.165, 1.54) is 12.1 Å². The van der Waals surface area contributed by atoms with Crippen LogP contribution in [0.1, 0.15) is 24.0 Å². The van der Waals surface area contributed by atoms with Crippen molar-refractivity contribution in [1.82, 2.24) is 10.2 Å². The van der Waals surface area contributed by atoms with E-state index in [-0.39, 0.29) is 18.1 Å². The summed E-state index contributed by atoms with van der Waals surface area (Å²) in [6, 6.07) is 13.6. The Hall–Kier alpha value is -2.44. The number of piperidine rings is 1. The topological polar surface area (TPSA) is 61.8 Å². The van der Waals surface area contributed by atoms with Crippen molar-refractivity contribution in [2.75, 3.05) is 33.3 Å². The van der Waals surface area contributed by atoms with Crippen LogP contribution in [0.2, 0.25) is 0 Å². The van der Waals surface area contributed by atoms with Crippen LogP contribution in [-0.2, 0) is 16.8 Å². The van der Waals surface area contributed by atoms with Crippen LogP contribution in [-0.4, -0.2) is 49.2 Å². The third-order valence-corrected chi connectivity index (χ3v) is 5.36. The van der Waals surface area contributed by atoms with E-state index in [4.69, 9.17) is 4.74 Å². The molecule has 0 saturated carbocycles. The second kappa shape index (κ2) is 9.17. The Morgan fingerprint density at radius 2 is 1.86 bits per heavy atom. The molecule has 0 atom stereocenters. The zero-order valence-corrected chi connectivity index (χ0v) is 16.2. The van der Waals surface area contributed by atoms with Gasteiger partial charge < -0.3 is 20.1 Å². The third kappa shape index (κ3) is 5.09. The average molecular weight is 386 g/mol. The Morgan fingerprint density at radius 1 is 1.18 bits per heavy atom. The fraction of sp³-hybridized carbons (Fsp3) is 0.409. The van der Waals surface area contributed by atoms with Crippen molar-refractivity contribution in [3.05, 3.63) is 65.5 Å². The maximum atomic E-state index is 13.1. The Kier molecular flexibility index (Phi) is 6.65. The van der Waals surface area contributed by atoms with Crippen LogP contribution in [0.15, 0.2) is 48.5 Å². The maximum Gasteiger partial charge on any atom is 0.224 e. The first-order valence-corrected chi connectivity index (χ1v) is 9.59. The molecule has 2 aromatic carbocycles. The zero-order chi connectivity index (χ0) is 20.0. The quantitative estimate of drug-likeness (QED) is 0.768. The lowest BCUT2D eigenvalue weighted by molar-refractivity contribution is -0.120. The van der Waals surface area contributed by atoms with Gasteiger partial charge in [-0.05, 0) is 36.6 Å². The van der Waals surface area contributed by atoms with E-state index in [9.17, 15) is 14.3 Å². The summed E-state index contributed by atoms with van der Waals surface area (Å²) in [5.41, 5.74) is 0.723. The molecule has 0 aromatic heterocycles. The van der Waals surface area contributed by atoms with Gasteiger partial charge in [0.2, 0.25) is 5.91 Å². The number of hydrogen-bond donors (Lipinski definition) is 2. The minimum Gasteiger partial charge on any atom is -0.496 e. The van der Waals surface area contributed by atoms with Gasteiger partial charge in [0, 0.05) is 31.7 Å². The number of benzene rings is 2. The number of nitrogens with one attached hydrogen (secondary N) is 1. The molecule has 1 heterocycles. The molecule has 0 aliphatic carbocycles. The van der Waals surface area contributed by atoms with E-state index >= 15 is 0 Å². The number of rotatable bonds is 7. The highest BCUT2D eigenvalue weighted by Crippen LogP contribution is 2.32. The summed E-state index contributed by atoms with van der Waals surface area (Å²) < 4.78 is 18.4. The first kappa shape index (κ1) is 20.3. The second-order valence-electron chi connectivity index (χ2n) is 7.22. The lowest BCUT2D eigenvalue weighted by atomic mass is 9.84. The van der Waals surface area contributed by atoms with Gasteiger partial charge >= 0.3 is 0 Å². The van der Waals surface area contributed by atoms with Crippen LogP contribution in [0, 0.1) is 5.82 Å². The molecule has 150 valence electrons. The standard InChI is InChI=1S/C22H27FN2O3/c1-28-20-5-3-2-4-17(20)16-21(26)24-12-15-25-13-10-22(27,11-14-25)18-6-8-19(23)9-7-18/h2-9,27H,10-16H2,1H3,(H,24,26). The number of carbonyl (C=O) groups excluding carboxylic acids is 1. The highest BCUT2D eigenvalue weighted by atomic mass is 19.1. The Bertz CT molecular complexity index is 787. The molecule has 1 aliphatic heterocycles. The maximum absolute atomic E-state index is 13.1. The molecule has 3 rings (SSSR count). The molecule has 5 nitrogen and oxygen atoms in total. The van der Waals surface area contributed by atoms with Crippen LogP contribution in [0.25, 0.3) is 0 Å². The lowest BCUT2D eigenvalue weighted by Crippen LogP contribution is -2.45. The molecule has 1 saturated heterocycles. The predicted molar refractivity (Wildman–Crippen MR) is 106 cm³/mol. The molecule has 0 bridgehead atoms. The number of methoxy groups -OCH3 is 1. The molecule has 28 heavy (non-hydrogen) atoms. The van der Waals surface area contributed by atoms with Crippen LogP contribution >= 0.6 is 0 Å². The molecular formula is C22H27FN2O3. The summed E-state index contributed by atoms with van der Waals surface area (Å²) >= 11 is 0. The number of aliphatic hydroxyl groups is 1. The number of nitrogens with zero attached hydrogens (tertiary/aromatic N) is 1. The summed E-state index contributed by atoms with van der Waals surface area (Å²) in [6.45, 7) is 2.76. The smallest absolute Gasteiger partial charge is 0.224 e. The monoisotopic (exact) mass is 386 g/mol. The second-order valence-corrected chi connectivity index (χ2v) is 7.22. The van der Waals surface area contributed by atoms with Crippen molar-refractivity contribution in [3.63, 3.8) is 0 Å². The molecule has 0 radical (unpaired) electrons. The molecular weight excluding hydrogens is 359 g/mol. The number of carbonyl (C=O) groups is 1.